The fourth-order valence-corrected chi connectivity index (χ4v) is 12.0. The van der Waals surface area contributed by atoms with E-state index in [9.17, 15) is 5.11 Å². The van der Waals surface area contributed by atoms with Gasteiger partial charge in [0.25, 0.3) is 0 Å². The molecule has 2 heteroatoms. The monoisotopic (exact) mass is 565 g/mol. The van der Waals surface area contributed by atoms with Gasteiger partial charge in [-0.05, 0) is 92.3 Å². The van der Waals surface area contributed by atoms with Crippen LogP contribution in [0.25, 0.3) is 0 Å². The third kappa shape index (κ3) is 5.86. The Morgan fingerprint density at radius 2 is 0.900 bits per heavy atom. The largest absolute Gasteiger partial charge is 0.365 e. The molecule has 0 amide bonds. The minimum absolute atomic E-state index is 0.00303. The fraction of sp³-hybridized carbons (Fsp3) is 1.00. The van der Waals surface area contributed by atoms with Gasteiger partial charge < -0.3 is 9.84 Å². The van der Waals surface area contributed by atoms with E-state index in [1.807, 2.05) is 0 Å². The SMILES string of the molecule is CCCCCCCCCCC(CC)(CC)C(CC)(CC)C(CC)(CC)C(CC)(CC)C(CC)(CC)C1(O)CCO1. The Labute approximate surface area is 253 Å². The maximum atomic E-state index is 12.3. The summed E-state index contributed by atoms with van der Waals surface area (Å²) < 4.78 is 6.26. The maximum Gasteiger partial charge on any atom is 0.173 e. The van der Waals surface area contributed by atoms with Gasteiger partial charge in [-0.25, -0.2) is 0 Å². The normalized spacial score (nSPS) is 19.2. The van der Waals surface area contributed by atoms with Crippen LogP contribution in [0.15, 0.2) is 0 Å². The third-order valence-corrected chi connectivity index (χ3v) is 14.0. The molecule has 0 aliphatic carbocycles. The molecule has 2 nitrogen and oxygen atoms in total. The topological polar surface area (TPSA) is 29.5 Å². The lowest BCUT2D eigenvalue weighted by Crippen LogP contribution is -2.71. The maximum absolute atomic E-state index is 12.3. The number of rotatable bonds is 24. The zero-order valence-corrected chi connectivity index (χ0v) is 29.7. The standard InChI is InChI=1S/C38H76O2/c1-12-23-24-25-26-27-28-29-30-33(13-2,14-3)34(15-4,16-5)35(17-6,18-7)36(19-8,20-9)37(21-10,22-11)38(39)31-32-40-38/h39H,12-32H2,1-11H3. The van der Waals surface area contributed by atoms with Gasteiger partial charge in [0, 0.05) is 11.8 Å². The van der Waals surface area contributed by atoms with Crippen LogP contribution in [0.1, 0.15) is 205 Å². The summed E-state index contributed by atoms with van der Waals surface area (Å²) in [7, 11) is 0. The van der Waals surface area contributed by atoms with Gasteiger partial charge in [-0.2, -0.15) is 0 Å². The average Bonchev–Trinajstić information content (AvgIpc) is 2.98. The molecular weight excluding hydrogens is 488 g/mol. The van der Waals surface area contributed by atoms with Gasteiger partial charge >= 0.3 is 0 Å². The molecule has 1 atom stereocenters. The second kappa shape index (κ2) is 16.7. The fourth-order valence-electron chi connectivity index (χ4n) is 12.0. The molecule has 1 aliphatic heterocycles. The summed E-state index contributed by atoms with van der Waals surface area (Å²) in [4.78, 5) is 0. The highest BCUT2D eigenvalue weighted by atomic mass is 16.6. The second-order valence-corrected chi connectivity index (χ2v) is 13.8. The lowest BCUT2D eigenvalue weighted by molar-refractivity contribution is -0.391. The average molecular weight is 565 g/mol. The third-order valence-electron chi connectivity index (χ3n) is 14.0. The molecule has 1 fully saturated rings. The molecule has 1 rings (SSSR count). The molecule has 0 saturated carbocycles. The van der Waals surface area contributed by atoms with Gasteiger partial charge in [-0.1, -0.05) is 128 Å². The van der Waals surface area contributed by atoms with Crippen molar-refractivity contribution in [2.75, 3.05) is 6.61 Å². The van der Waals surface area contributed by atoms with Crippen molar-refractivity contribution in [3.8, 4) is 0 Å². The summed E-state index contributed by atoms with van der Waals surface area (Å²) in [5.41, 5.74) is 0.421. The lowest BCUT2D eigenvalue weighted by atomic mass is 9.32. The quantitative estimate of drug-likeness (QED) is 0.118. The summed E-state index contributed by atoms with van der Waals surface area (Å²) in [5, 5.41) is 12.3. The van der Waals surface area contributed by atoms with Gasteiger partial charge in [0.05, 0.1) is 6.61 Å². The summed E-state index contributed by atoms with van der Waals surface area (Å²) in [6.45, 7) is 27.7. The van der Waals surface area contributed by atoms with E-state index in [-0.39, 0.29) is 21.7 Å². The molecule has 0 spiro atoms. The molecule has 240 valence electrons. The van der Waals surface area contributed by atoms with Crippen molar-refractivity contribution in [1.29, 1.82) is 0 Å². The molecular formula is C38H76O2. The van der Waals surface area contributed by atoms with Gasteiger partial charge in [0.1, 0.15) is 0 Å². The van der Waals surface area contributed by atoms with Gasteiger partial charge in [-0.15, -0.1) is 0 Å². The number of hydrogen-bond donors (Lipinski definition) is 1. The minimum atomic E-state index is -0.996. The summed E-state index contributed by atoms with van der Waals surface area (Å²) in [5.74, 6) is -0.996. The van der Waals surface area contributed by atoms with Crippen LogP contribution in [-0.2, 0) is 4.74 Å². The first-order chi connectivity index (χ1) is 19.1. The number of hydrogen-bond acceptors (Lipinski definition) is 2. The Hall–Kier alpha value is -0.0800. The van der Waals surface area contributed by atoms with Crippen molar-refractivity contribution in [2.24, 2.45) is 27.1 Å². The van der Waals surface area contributed by atoms with Crippen molar-refractivity contribution in [2.45, 2.75) is 210 Å². The number of unbranched alkanes of at least 4 members (excludes halogenated alkanes) is 7. The Morgan fingerprint density at radius 1 is 0.500 bits per heavy atom. The van der Waals surface area contributed by atoms with Crippen molar-refractivity contribution < 1.29 is 9.84 Å². The van der Waals surface area contributed by atoms with Crippen LogP contribution in [-0.4, -0.2) is 17.5 Å². The molecule has 0 aromatic carbocycles. The molecule has 0 aromatic heterocycles. The first kappa shape index (κ1) is 37.9. The first-order valence-corrected chi connectivity index (χ1v) is 18.5. The highest BCUT2D eigenvalue weighted by Gasteiger charge is 2.73. The van der Waals surface area contributed by atoms with E-state index < -0.39 is 5.79 Å². The van der Waals surface area contributed by atoms with E-state index in [1.54, 1.807) is 0 Å². The van der Waals surface area contributed by atoms with E-state index >= 15 is 0 Å². The smallest absolute Gasteiger partial charge is 0.173 e. The predicted octanol–water partition coefficient (Wildman–Crippen LogP) is 12.7. The van der Waals surface area contributed by atoms with Crippen LogP contribution in [0.3, 0.4) is 0 Å². The van der Waals surface area contributed by atoms with Crippen LogP contribution < -0.4 is 0 Å². The highest BCUT2D eigenvalue weighted by molar-refractivity contribution is 5.19. The Kier molecular flexibility index (Phi) is 15.8. The molecule has 0 radical (unpaired) electrons. The van der Waals surface area contributed by atoms with E-state index in [2.05, 4.69) is 76.2 Å². The van der Waals surface area contributed by atoms with Gasteiger partial charge in [-0.3, -0.25) is 0 Å². The molecule has 1 saturated heterocycles. The number of aliphatic hydroxyl groups is 1. The van der Waals surface area contributed by atoms with Gasteiger partial charge in [0.15, 0.2) is 5.79 Å². The summed E-state index contributed by atoms with van der Waals surface area (Å²) in [6.07, 6.45) is 24.8. The van der Waals surface area contributed by atoms with E-state index in [0.29, 0.717) is 12.0 Å². The van der Waals surface area contributed by atoms with E-state index in [1.165, 1.54) is 96.3 Å². The van der Waals surface area contributed by atoms with Crippen molar-refractivity contribution in [3.05, 3.63) is 0 Å². The zero-order valence-electron chi connectivity index (χ0n) is 29.7. The van der Waals surface area contributed by atoms with Crippen LogP contribution >= 0.6 is 0 Å². The molecule has 1 aliphatic rings. The van der Waals surface area contributed by atoms with Crippen LogP contribution in [0.2, 0.25) is 0 Å². The number of ether oxygens (including phenoxy) is 1. The van der Waals surface area contributed by atoms with Crippen LogP contribution in [0, 0.1) is 27.1 Å². The van der Waals surface area contributed by atoms with Crippen molar-refractivity contribution >= 4 is 0 Å². The molecule has 0 bridgehead atoms. The van der Waals surface area contributed by atoms with Crippen LogP contribution in [0.4, 0.5) is 0 Å². The Morgan fingerprint density at radius 3 is 1.20 bits per heavy atom. The zero-order chi connectivity index (χ0) is 30.6. The second-order valence-electron chi connectivity index (χ2n) is 13.8. The van der Waals surface area contributed by atoms with Crippen LogP contribution in [0.5, 0.6) is 0 Å². The highest BCUT2D eigenvalue weighted by Crippen LogP contribution is 2.77. The Bertz CT molecular complexity index is 655. The van der Waals surface area contributed by atoms with Crippen molar-refractivity contribution in [3.63, 3.8) is 0 Å². The summed E-state index contributed by atoms with van der Waals surface area (Å²) in [6, 6.07) is 0. The molecule has 1 N–H and O–H groups in total. The molecule has 1 unspecified atom stereocenters. The minimum Gasteiger partial charge on any atom is -0.365 e. The summed E-state index contributed by atoms with van der Waals surface area (Å²) >= 11 is 0. The lowest BCUT2D eigenvalue weighted by Gasteiger charge is -2.74. The Balaban J connectivity index is 3.76. The molecule has 40 heavy (non-hydrogen) atoms. The van der Waals surface area contributed by atoms with E-state index in [4.69, 9.17) is 4.74 Å². The molecule has 1 heterocycles. The predicted molar refractivity (Wildman–Crippen MR) is 178 cm³/mol. The van der Waals surface area contributed by atoms with Crippen molar-refractivity contribution in [1.82, 2.24) is 0 Å². The molecule has 0 aromatic rings. The first-order valence-electron chi connectivity index (χ1n) is 18.5. The van der Waals surface area contributed by atoms with Gasteiger partial charge in [0.2, 0.25) is 0 Å². The van der Waals surface area contributed by atoms with E-state index in [0.717, 1.165) is 32.1 Å².